The van der Waals surface area contributed by atoms with Crippen molar-refractivity contribution in [1.82, 2.24) is 0 Å². The number of esters is 2. The Bertz CT molecular complexity index is 1390. The number of ether oxygens (including phenoxy) is 8. The SMILES string of the molecule is COc1cc2c(c(OC)c1OC)-c1c(cc3c(c1OC)OCO3)C(OC(C)=O)C(C)C(C)(O)C2OC(=O)C=C(C)C. The second-order valence-electron chi connectivity index (χ2n) is 10.3. The molecule has 4 unspecified atom stereocenters. The highest BCUT2D eigenvalue weighted by molar-refractivity contribution is 5.90. The summed E-state index contributed by atoms with van der Waals surface area (Å²) in [7, 11) is 5.83. The molecule has 11 heteroatoms. The first-order valence-corrected chi connectivity index (χ1v) is 13.0. The molecule has 41 heavy (non-hydrogen) atoms. The summed E-state index contributed by atoms with van der Waals surface area (Å²) in [6, 6.07) is 3.31. The minimum Gasteiger partial charge on any atom is -0.493 e. The number of rotatable bonds is 7. The molecule has 0 amide bonds. The normalized spacial score (nSPS) is 22.2. The van der Waals surface area contributed by atoms with E-state index in [2.05, 4.69) is 0 Å². The van der Waals surface area contributed by atoms with Gasteiger partial charge in [0.05, 0.1) is 28.4 Å². The van der Waals surface area contributed by atoms with Gasteiger partial charge >= 0.3 is 11.9 Å². The standard InChI is InChI=1S/C30H36O11/c1-14(2)10-21(32)41-29-18-12-19(34-6)25(35-7)27(36-8)23(18)22-17(11-20-26(28(22)37-9)39-13-38-20)24(40-16(4)31)15(3)30(29,5)33/h10-12,15,24,29,33H,13H2,1-9H3. The molecule has 1 N–H and O–H groups in total. The summed E-state index contributed by atoms with van der Waals surface area (Å²) in [5.74, 6) is -0.404. The Labute approximate surface area is 238 Å². The highest BCUT2D eigenvalue weighted by Gasteiger charge is 2.51. The van der Waals surface area contributed by atoms with Crippen LogP contribution in [0.3, 0.4) is 0 Å². The van der Waals surface area contributed by atoms with Crippen LogP contribution in [0.15, 0.2) is 23.8 Å². The molecule has 222 valence electrons. The van der Waals surface area contributed by atoms with Crippen molar-refractivity contribution in [2.45, 2.75) is 52.4 Å². The Morgan fingerprint density at radius 2 is 1.54 bits per heavy atom. The summed E-state index contributed by atoms with van der Waals surface area (Å²) in [6.45, 7) is 7.96. The Hall–Kier alpha value is -4.12. The van der Waals surface area contributed by atoms with Crippen LogP contribution < -0.4 is 28.4 Å². The van der Waals surface area contributed by atoms with Crippen LogP contribution in [0.25, 0.3) is 11.1 Å². The van der Waals surface area contributed by atoms with Crippen molar-refractivity contribution < 1.29 is 52.6 Å². The van der Waals surface area contributed by atoms with E-state index in [0.717, 1.165) is 0 Å². The van der Waals surface area contributed by atoms with Gasteiger partial charge in [0.25, 0.3) is 0 Å². The third-order valence-electron chi connectivity index (χ3n) is 7.39. The minimum atomic E-state index is -1.80. The van der Waals surface area contributed by atoms with Crippen molar-refractivity contribution in [3.63, 3.8) is 0 Å². The third kappa shape index (κ3) is 5.10. The van der Waals surface area contributed by atoms with E-state index in [-0.39, 0.29) is 29.8 Å². The van der Waals surface area contributed by atoms with E-state index in [1.807, 2.05) is 0 Å². The molecule has 0 saturated carbocycles. The van der Waals surface area contributed by atoms with Gasteiger partial charge in [0.2, 0.25) is 18.3 Å². The van der Waals surface area contributed by atoms with Gasteiger partial charge in [0.1, 0.15) is 11.7 Å². The first-order valence-electron chi connectivity index (χ1n) is 13.0. The third-order valence-corrected chi connectivity index (χ3v) is 7.39. The lowest BCUT2D eigenvalue weighted by Gasteiger charge is -2.43. The molecule has 1 aliphatic heterocycles. The maximum Gasteiger partial charge on any atom is 0.331 e. The van der Waals surface area contributed by atoms with Crippen LogP contribution in [0.1, 0.15) is 58.0 Å². The number of fused-ring (bicyclic) bond motifs is 4. The first kappa shape index (κ1) is 29.9. The number of aliphatic hydroxyl groups is 1. The van der Waals surface area contributed by atoms with Gasteiger partial charge in [-0.05, 0) is 32.9 Å². The number of hydrogen-bond acceptors (Lipinski definition) is 11. The van der Waals surface area contributed by atoms with E-state index in [9.17, 15) is 14.7 Å². The molecule has 2 aromatic carbocycles. The number of hydrogen-bond donors (Lipinski definition) is 1. The zero-order valence-corrected chi connectivity index (χ0v) is 24.7. The number of carbonyl (C=O) groups excluding carboxylic acids is 2. The van der Waals surface area contributed by atoms with E-state index < -0.39 is 35.7 Å². The Balaban J connectivity index is 2.24. The van der Waals surface area contributed by atoms with Crippen molar-refractivity contribution in [2.75, 3.05) is 35.2 Å². The van der Waals surface area contributed by atoms with Crippen LogP contribution in [0.5, 0.6) is 34.5 Å². The highest BCUT2D eigenvalue weighted by atomic mass is 16.7. The van der Waals surface area contributed by atoms with Crippen LogP contribution in [0, 0.1) is 5.92 Å². The number of benzene rings is 2. The fraction of sp³-hybridized carbons (Fsp3) is 0.467. The molecule has 1 aliphatic carbocycles. The second-order valence-corrected chi connectivity index (χ2v) is 10.3. The second kappa shape index (κ2) is 11.4. The quantitative estimate of drug-likeness (QED) is 0.367. The number of methoxy groups -OCH3 is 4. The van der Waals surface area contributed by atoms with E-state index in [1.54, 1.807) is 32.9 Å². The summed E-state index contributed by atoms with van der Waals surface area (Å²) in [4.78, 5) is 25.5. The maximum atomic E-state index is 13.1. The van der Waals surface area contributed by atoms with Gasteiger partial charge in [0.15, 0.2) is 29.1 Å². The molecule has 0 saturated heterocycles. The van der Waals surface area contributed by atoms with Gasteiger partial charge in [-0.15, -0.1) is 0 Å². The van der Waals surface area contributed by atoms with Crippen molar-refractivity contribution in [3.8, 4) is 45.6 Å². The maximum absolute atomic E-state index is 13.1. The molecule has 0 spiro atoms. The molecule has 0 bridgehead atoms. The molecular formula is C30H36O11. The predicted octanol–water partition coefficient (Wildman–Crippen LogP) is 4.67. The summed E-state index contributed by atoms with van der Waals surface area (Å²) in [5.41, 5.74) is 0.472. The van der Waals surface area contributed by atoms with Gasteiger partial charge in [-0.25, -0.2) is 4.79 Å². The molecule has 2 aliphatic rings. The van der Waals surface area contributed by atoms with Gasteiger partial charge in [-0.3, -0.25) is 4.79 Å². The van der Waals surface area contributed by atoms with Gasteiger partial charge in [-0.2, -0.15) is 0 Å². The lowest BCUT2D eigenvalue weighted by atomic mass is 9.71. The molecule has 4 atom stereocenters. The van der Waals surface area contributed by atoms with Crippen molar-refractivity contribution >= 4 is 11.9 Å². The molecule has 0 aromatic heterocycles. The lowest BCUT2D eigenvalue weighted by molar-refractivity contribution is -0.181. The summed E-state index contributed by atoms with van der Waals surface area (Å²) < 4.78 is 46.5. The van der Waals surface area contributed by atoms with Crippen LogP contribution in [0.4, 0.5) is 0 Å². The molecule has 0 radical (unpaired) electrons. The first-order chi connectivity index (χ1) is 19.4. The molecule has 1 heterocycles. The van der Waals surface area contributed by atoms with Crippen molar-refractivity contribution in [1.29, 1.82) is 0 Å². The fourth-order valence-electron chi connectivity index (χ4n) is 5.39. The van der Waals surface area contributed by atoms with Crippen molar-refractivity contribution in [3.05, 3.63) is 34.9 Å². The molecule has 0 fully saturated rings. The van der Waals surface area contributed by atoms with Crippen LogP contribution in [-0.4, -0.2) is 57.9 Å². The minimum absolute atomic E-state index is 0.0566. The van der Waals surface area contributed by atoms with E-state index >= 15 is 0 Å². The monoisotopic (exact) mass is 572 g/mol. The number of allylic oxidation sites excluding steroid dienone is 1. The average molecular weight is 573 g/mol. The largest absolute Gasteiger partial charge is 0.493 e. The lowest BCUT2D eigenvalue weighted by Crippen LogP contribution is -2.46. The van der Waals surface area contributed by atoms with E-state index in [1.165, 1.54) is 48.4 Å². The summed E-state index contributed by atoms with van der Waals surface area (Å²) in [5, 5.41) is 12.2. The highest BCUT2D eigenvalue weighted by Crippen LogP contribution is 2.61. The number of carbonyl (C=O) groups is 2. The van der Waals surface area contributed by atoms with Gasteiger partial charge < -0.3 is 43.0 Å². The zero-order chi connectivity index (χ0) is 30.2. The fourth-order valence-corrected chi connectivity index (χ4v) is 5.39. The van der Waals surface area contributed by atoms with Crippen molar-refractivity contribution in [2.24, 2.45) is 5.92 Å². The Kier molecular flexibility index (Phi) is 8.30. The average Bonchev–Trinajstić information content (AvgIpc) is 3.39. The summed E-state index contributed by atoms with van der Waals surface area (Å²) in [6.07, 6.45) is -1.02. The van der Waals surface area contributed by atoms with Crippen LogP contribution in [-0.2, 0) is 19.1 Å². The van der Waals surface area contributed by atoms with E-state index in [4.69, 9.17) is 37.9 Å². The molecular weight excluding hydrogens is 536 g/mol. The smallest absolute Gasteiger partial charge is 0.331 e. The Morgan fingerprint density at radius 3 is 2.10 bits per heavy atom. The van der Waals surface area contributed by atoms with Crippen LogP contribution >= 0.6 is 0 Å². The topological polar surface area (TPSA) is 128 Å². The van der Waals surface area contributed by atoms with E-state index in [0.29, 0.717) is 39.3 Å². The zero-order valence-electron chi connectivity index (χ0n) is 24.7. The Morgan fingerprint density at radius 1 is 0.902 bits per heavy atom. The molecule has 4 rings (SSSR count). The van der Waals surface area contributed by atoms with Gasteiger partial charge in [0, 0.05) is 41.2 Å². The molecule has 2 aromatic rings. The van der Waals surface area contributed by atoms with Gasteiger partial charge in [-0.1, -0.05) is 12.5 Å². The molecule has 11 nitrogen and oxygen atoms in total. The van der Waals surface area contributed by atoms with Crippen LogP contribution in [0.2, 0.25) is 0 Å². The summed E-state index contributed by atoms with van der Waals surface area (Å²) >= 11 is 0. The predicted molar refractivity (Wildman–Crippen MR) is 147 cm³/mol.